The fraction of sp³-hybridized carbons (Fsp3) is 0.500. The van der Waals surface area contributed by atoms with Gasteiger partial charge in [0, 0.05) is 11.4 Å². The highest BCUT2D eigenvalue weighted by Crippen LogP contribution is 2.26. The molecule has 2 aromatic heterocycles. The first-order valence-electron chi connectivity index (χ1n) is 7.85. The summed E-state index contributed by atoms with van der Waals surface area (Å²) in [6, 6.07) is 0. The van der Waals surface area contributed by atoms with Gasteiger partial charge in [0.1, 0.15) is 17.2 Å². The van der Waals surface area contributed by atoms with E-state index in [1.54, 1.807) is 13.8 Å². The van der Waals surface area contributed by atoms with Crippen LogP contribution in [0.25, 0.3) is 10.2 Å². The second-order valence-corrected chi connectivity index (χ2v) is 8.21. The number of nitrogens with one attached hydrogen (secondary N) is 1. The van der Waals surface area contributed by atoms with E-state index in [-0.39, 0.29) is 18.0 Å². The Hall–Kier alpha value is -1.87. The van der Waals surface area contributed by atoms with Crippen LogP contribution in [0.2, 0.25) is 0 Å². The molecule has 1 unspecified atom stereocenters. The molecular formula is C16H21N3O4S2. The maximum atomic E-state index is 12.3. The Morgan fingerprint density at radius 3 is 2.68 bits per heavy atom. The van der Waals surface area contributed by atoms with Crippen molar-refractivity contribution < 1.29 is 14.7 Å². The Morgan fingerprint density at radius 2 is 2.08 bits per heavy atom. The largest absolute Gasteiger partial charge is 0.480 e. The molecule has 25 heavy (non-hydrogen) atoms. The van der Waals surface area contributed by atoms with E-state index in [1.165, 1.54) is 28.0 Å². The number of likely N-dealkylation sites (N-methyl/N-ethyl adjacent to an activating group) is 1. The number of aromatic nitrogens is 2. The standard InChI is InChI=1S/C16H21N3O4S2/c1-5-19(6-12(20)21)16(23)10(4)24-7-11-17-14(22)13-8(2)9(3)25-15(13)18-11/h10H,5-7H2,1-4H3,(H,20,21)(H,17,18,22). The average Bonchev–Trinajstić information content (AvgIpc) is 2.84. The van der Waals surface area contributed by atoms with Gasteiger partial charge in [-0.2, -0.15) is 0 Å². The third kappa shape index (κ3) is 4.40. The Kier molecular flexibility index (Phi) is 6.23. The molecule has 2 aromatic rings. The van der Waals surface area contributed by atoms with Gasteiger partial charge >= 0.3 is 5.97 Å². The van der Waals surface area contributed by atoms with E-state index in [2.05, 4.69) is 9.97 Å². The highest BCUT2D eigenvalue weighted by Gasteiger charge is 2.22. The number of carboxylic acids is 1. The van der Waals surface area contributed by atoms with Crippen molar-refractivity contribution in [3.05, 3.63) is 26.6 Å². The van der Waals surface area contributed by atoms with Gasteiger partial charge in [-0.05, 0) is 33.3 Å². The number of H-pyrrole nitrogens is 1. The van der Waals surface area contributed by atoms with Crippen molar-refractivity contribution in [1.29, 1.82) is 0 Å². The second-order valence-electron chi connectivity index (χ2n) is 5.68. The molecule has 2 N–H and O–H groups in total. The van der Waals surface area contributed by atoms with Crippen molar-refractivity contribution in [2.75, 3.05) is 13.1 Å². The summed E-state index contributed by atoms with van der Waals surface area (Å²) in [4.78, 5) is 45.7. The lowest BCUT2D eigenvalue weighted by molar-refractivity contribution is -0.143. The maximum absolute atomic E-state index is 12.3. The van der Waals surface area contributed by atoms with Crippen molar-refractivity contribution in [1.82, 2.24) is 14.9 Å². The van der Waals surface area contributed by atoms with Crippen LogP contribution in [0.3, 0.4) is 0 Å². The van der Waals surface area contributed by atoms with Gasteiger partial charge in [0.05, 0.1) is 16.4 Å². The number of carboxylic acid groups (broad SMARTS) is 1. The molecular weight excluding hydrogens is 362 g/mol. The first kappa shape index (κ1) is 19.5. The minimum absolute atomic E-state index is 0.164. The molecule has 9 heteroatoms. The van der Waals surface area contributed by atoms with E-state index in [4.69, 9.17) is 5.11 Å². The number of hydrogen-bond donors (Lipinski definition) is 2. The first-order valence-corrected chi connectivity index (χ1v) is 9.72. The number of carbonyl (C=O) groups excluding carboxylic acids is 1. The van der Waals surface area contributed by atoms with E-state index in [0.717, 1.165) is 10.4 Å². The molecule has 0 aliphatic carbocycles. The lowest BCUT2D eigenvalue weighted by Gasteiger charge is -2.22. The molecule has 7 nitrogen and oxygen atoms in total. The van der Waals surface area contributed by atoms with Gasteiger partial charge in [-0.1, -0.05) is 0 Å². The highest BCUT2D eigenvalue weighted by molar-refractivity contribution is 7.99. The maximum Gasteiger partial charge on any atom is 0.323 e. The molecule has 0 radical (unpaired) electrons. The summed E-state index contributed by atoms with van der Waals surface area (Å²) >= 11 is 2.81. The lowest BCUT2D eigenvalue weighted by atomic mass is 10.2. The molecule has 0 bridgehead atoms. The number of amides is 1. The zero-order valence-electron chi connectivity index (χ0n) is 14.6. The summed E-state index contributed by atoms with van der Waals surface area (Å²) in [5.41, 5.74) is 0.784. The molecule has 0 fully saturated rings. The number of aromatic amines is 1. The number of carbonyl (C=O) groups is 2. The molecule has 0 aliphatic rings. The quantitative estimate of drug-likeness (QED) is 0.759. The van der Waals surface area contributed by atoms with Gasteiger partial charge in [-0.25, -0.2) is 4.98 Å². The highest BCUT2D eigenvalue weighted by atomic mass is 32.2. The third-order valence-corrected chi connectivity index (χ3v) is 6.17. The number of aliphatic carboxylic acids is 1. The predicted octanol–water partition coefficient (Wildman–Crippen LogP) is 2.16. The summed E-state index contributed by atoms with van der Waals surface area (Å²) < 4.78 is 0. The van der Waals surface area contributed by atoms with Crippen LogP contribution in [0.4, 0.5) is 0 Å². The zero-order valence-corrected chi connectivity index (χ0v) is 16.2. The van der Waals surface area contributed by atoms with Crippen LogP contribution in [0.5, 0.6) is 0 Å². The number of rotatable bonds is 7. The van der Waals surface area contributed by atoms with Crippen molar-refractivity contribution in [2.45, 2.75) is 38.7 Å². The number of thiophene rings is 1. The second kappa shape index (κ2) is 8.01. The SMILES string of the molecule is CCN(CC(=O)O)C(=O)C(C)SCc1nc2sc(C)c(C)c2c(=O)[nH]1. The molecule has 136 valence electrons. The molecule has 0 saturated carbocycles. The smallest absolute Gasteiger partial charge is 0.323 e. The third-order valence-electron chi connectivity index (χ3n) is 3.93. The van der Waals surface area contributed by atoms with Crippen LogP contribution >= 0.6 is 23.1 Å². The van der Waals surface area contributed by atoms with Gasteiger partial charge in [-0.3, -0.25) is 14.4 Å². The van der Waals surface area contributed by atoms with E-state index in [1.807, 2.05) is 13.8 Å². The molecule has 1 amide bonds. The van der Waals surface area contributed by atoms with Crippen LogP contribution in [-0.2, 0) is 15.3 Å². The number of thioether (sulfide) groups is 1. The van der Waals surface area contributed by atoms with Crippen molar-refractivity contribution in [3.8, 4) is 0 Å². The molecule has 0 spiro atoms. The van der Waals surface area contributed by atoms with Crippen LogP contribution in [0, 0.1) is 13.8 Å². The van der Waals surface area contributed by atoms with E-state index < -0.39 is 11.2 Å². The Labute approximate surface area is 153 Å². The fourth-order valence-corrected chi connectivity index (χ4v) is 4.29. The lowest BCUT2D eigenvalue weighted by Crippen LogP contribution is -2.39. The average molecular weight is 383 g/mol. The van der Waals surface area contributed by atoms with Gasteiger partial charge in [0.25, 0.3) is 5.56 Å². The van der Waals surface area contributed by atoms with E-state index in [9.17, 15) is 14.4 Å². The van der Waals surface area contributed by atoms with Crippen LogP contribution in [-0.4, -0.2) is 50.2 Å². The van der Waals surface area contributed by atoms with Gasteiger partial charge < -0.3 is 15.0 Å². The normalized spacial score (nSPS) is 12.3. The van der Waals surface area contributed by atoms with Crippen LogP contribution in [0.1, 0.15) is 30.1 Å². The van der Waals surface area contributed by atoms with Gasteiger partial charge in [0.2, 0.25) is 5.91 Å². The summed E-state index contributed by atoms with van der Waals surface area (Å²) in [5.74, 6) is -0.378. The van der Waals surface area contributed by atoms with E-state index in [0.29, 0.717) is 28.3 Å². The molecule has 1 atom stereocenters. The van der Waals surface area contributed by atoms with Crippen LogP contribution < -0.4 is 5.56 Å². The summed E-state index contributed by atoms with van der Waals surface area (Å²) in [6.45, 7) is 7.36. The minimum atomic E-state index is -1.03. The number of hydrogen-bond acceptors (Lipinski definition) is 6. The minimum Gasteiger partial charge on any atom is -0.480 e. The molecule has 0 aromatic carbocycles. The fourth-order valence-electron chi connectivity index (χ4n) is 2.41. The monoisotopic (exact) mass is 383 g/mol. The summed E-state index contributed by atoms with van der Waals surface area (Å²) in [7, 11) is 0. The van der Waals surface area contributed by atoms with Crippen molar-refractivity contribution >= 4 is 45.2 Å². The zero-order chi connectivity index (χ0) is 18.7. The molecule has 2 rings (SSSR count). The molecule has 0 saturated heterocycles. The molecule has 0 aliphatic heterocycles. The Morgan fingerprint density at radius 1 is 1.40 bits per heavy atom. The topological polar surface area (TPSA) is 103 Å². The Balaban J connectivity index is 2.10. The van der Waals surface area contributed by atoms with Crippen molar-refractivity contribution in [2.24, 2.45) is 0 Å². The number of fused-ring (bicyclic) bond motifs is 1. The van der Waals surface area contributed by atoms with Gasteiger partial charge in [-0.15, -0.1) is 23.1 Å². The van der Waals surface area contributed by atoms with E-state index >= 15 is 0 Å². The predicted molar refractivity (Wildman–Crippen MR) is 100 cm³/mol. The van der Waals surface area contributed by atoms with Crippen LogP contribution in [0.15, 0.2) is 4.79 Å². The number of aryl methyl sites for hydroxylation is 2. The summed E-state index contributed by atoms with van der Waals surface area (Å²) in [6.07, 6.45) is 0. The van der Waals surface area contributed by atoms with Gasteiger partial charge in [0.15, 0.2) is 0 Å². The summed E-state index contributed by atoms with van der Waals surface area (Å²) in [5, 5.41) is 9.06. The van der Waals surface area contributed by atoms with Crippen molar-refractivity contribution in [3.63, 3.8) is 0 Å². The first-order chi connectivity index (χ1) is 11.7. The Bertz CT molecular complexity index is 859. The number of nitrogens with zero attached hydrogens (tertiary/aromatic N) is 2. The molecule has 2 heterocycles.